The van der Waals surface area contributed by atoms with E-state index in [0.717, 1.165) is 60.3 Å². The van der Waals surface area contributed by atoms with Gasteiger partial charge in [0.2, 0.25) is 11.8 Å². The quantitative estimate of drug-likeness (QED) is 0.373. The minimum atomic E-state index is -0.392. The predicted molar refractivity (Wildman–Crippen MR) is 164 cm³/mol. The monoisotopic (exact) mass is 576 g/mol. The number of nitrogens with zero attached hydrogens (tertiary/aromatic N) is 7. The van der Waals surface area contributed by atoms with Gasteiger partial charge in [-0.25, -0.2) is 4.98 Å². The first kappa shape index (κ1) is 26.3. The molecule has 1 aliphatic carbocycles. The highest BCUT2D eigenvalue weighted by molar-refractivity contribution is 6.02. The van der Waals surface area contributed by atoms with Gasteiger partial charge in [-0.3, -0.25) is 24.3 Å². The van der Waals surface area contributed by atoms with Gasteiger partial charge in [-0.2, -0.15) is 10.2 Å². The summed E-state index contributed by atoms with van der Waals surface area (Å²) in [5.74, 6) is 1.64. The molecule has 10 nitrogen and oxygen atoms in total. The van der Waals surface area contributed by atoms with Crippen LogP contribution in [0.25, 0.3) is 27.9 Å². The Morgan fingerprint density at radius 1 is 1.05 bits per heavy atom. The normalized spacial score (nSPS) is 22.7. The minimum absolute atomic E-state index is 0.143. The highest BCUT2D eigenvalue weighted by Gasteiger charge is 2.51. The molecule has 43 heavy (non-hydrogen) atoms. The number of hydrogen-bond acceptors (Lipinski definition) is 6. The number of amides is 2. The van der Waals surface area contributed by atoms with Crippen molar-refractivity contribution in [1.82, 2.24) is 34.8 Å². The first-order valence-electron chi connectivity index (χ1n) is 15.4. The van der Waals surface area contributed by atoms with E-state index in [2.05, 4.69) is 61.6 Å². The number of hydrogen-bond donors (Lipinski definition) is 1. The highest BCUT2D eigenvalue weighted by Crippen LogP contribution is 2.45. The topological polar surface area (TPSA) is 103 Å². The predicted octanol–water partition coefficient (Wildman–Crippen LogP) is 3.98. The summed E-state index contributed by atoms with van der Waals surface area (Å²) in [6.45, 7) is 3.85. The average molecular weight is 577 g/mol. The van der Waals surface area contributed by atoms with E-state index < -0.39 is 5.41 Å². The molecule has 0 radical (unpaired) electrons. The van der Waals surface area contributed by atoms with Gasteiger partial charge >= 0.3 is 0 Å². The zero-order valence-electron chi connectivity index (χ0n) is 24.5. The Morgan fingerprint density at radius 2 is 1.86 bits per heavy atom. The van der Waals surface area contributed by atoms with Gasteiger partial charge < -0.3 is 9.80 Å². The Hall–Kier alpha value is -4.31. The van der Waals surface area contributed by atoms with Gasteiger partial charge in [-0.1, -0.05) is 30.3 Å². The van der Waals surface area contributed by atoms with Crippen LogP contribution in [-0.2, 0) is 16.6 Å². The summed E-state index contributed by atoms with van der Waals surface area (Å²) >= 11 is 0. The van der Waals surface area contributed by atoms with E-state index in [1.165, 1.54) is 29.7 Å². The fourth-order valence-corrected chi connectivity index (χ4v) is 7.16. The Kier molecular flexibility index (Phi) is 6.22. The van der Waals surface area contributed by atoms with E-state index in [0.29, 0.717) is 32.1 Å². The smallest absolute Gasteiger partial charge is 0.237 e. The van der Waals surface area contributed by atoms with E-state index in [9.17, 15) is 9.59 Å². The number of aryl methyl sites for hydroxylation is 1. The molecule has 2 aromatic heterocycles. The number of carbonyl (C=O) groups excluding carboxylic acids is 2. The third kappa shape index (κ3) is 4.74. The molecule has 8 rings (SSSR count). The van der Waals surface area contributed by atoms with Crippen LogP contribution in [0.1, 0.15) is 49.3 Å². The minimum Gasteiger partial charge on any atom is -0.338 e. The first-order valence-corrected chi connectivity index (χ1v) is 15.4. The number of aromatic nitrogens is 5. The van der Waals surface area contributed by atoms with Crippen molar-refractivity contribution < 1.29 is 9.59 Å². The van der Waals surface area contributed by atoms with Crippen LogP contribution in [0, 0.1) is 5.41 Å². The summed E-state index contributed by atoms with van der Waals surface area (Å²) in [6.07, 6.45) is 8.75. The Morgan fingerprint density at radius 3 is 2.60 bits per heavy atom. The van der Waals surface area contributed by atoms with E-state index in [-0.39, 0.29) is 11.8 Å². The van der Waals surface area contributed by atoms with Crippen LogP contribution in [0.3, 0.4) is 0 Å². The van der Waals surface area contributed by atoms with Crippen LogP contribution >= 0.6 is 0 Å². The molecule has 3 aliphatic heterocycles. The van der Waals surface area contributed by atoms with Gasteiger partial charge in [0.25, 0.3) is 0 Å². The molecular formula is C33H36N8O2. The number of benzene rings is 2. The third-order valence-electron chi connectivity index (χ3n) is 9.84. The van der Waals surface area contributed by atoms with Crippen LogP contribution in [0.4, 0.5) is 5.69 Å². The fourth-order valence-electron chi connectivity index (χ4n) is 7.16. The molecule has 4 aliphatic rings. The van der Waals surface area contributed by atoms with E-state index in [1.54, 1.807) is 11.0 Å². The van der Waals surface area contributed by atoms with Crippen LogP contribution in [-0.4, -0.2) is 85.8 Å². The maximum absolute atomic E-state index is 13.8. The molecule has 2 aromatic carbocycles. The lowest BCUT2D eigenvalue weighted by Crippen LogP contribution is -2.43. The largest absolute Gasteiger partial charge is 0.338 e. The van der Waals surface area contributed by atoms with Crippen LogP contribution < -0.4 is 4.90 Å². The number of carbonyl (C=O) groups is 2. The standard InChI is InChI=1S/C33H36N8O2/c1-38-21-34-31(37-38)25-6-2-22(3-7-25)23-10-14-40(15-11-23)29(42)19-39-16-12-33(20-39)13-17-41(32(33)43)26-8-9-28-27(18-26)30(36-35-28)24-4-5-24/h2-3,6-10,18,21,24H,4-5,11-17,19-20H2,1H3,(H,35,36)/t33-/m0/s1. The number of fused-ring (bicyclic) bond motifs is 1. The van der Waals surface area contributed by atoms with E-state index in [1.807, 2.05) is 29.0 Å². The number of likely N-dealkylation sites (tertiary alicyclic amines) is 1. The van der Waals surface area contributed by atoms with Crippen molar-refractivity contribution in [2.45, 2.75) is 38.0 Å². The summed E-state index contributed by atoms with van der Waals surface area (Å²) in [4.78, 5) is 37.5. The molecule has 5 heterocycles. The average Bonchev–Trinajstić information content (AvgIpc) is 3.31. The molecule has 2 saturated heterocycles. The van der Waals surface area contributed by atoms with Crippen molar-refractivity contribution in [2.24, 2.45) is 12.5 Å². The maximum Gasteiger partial charge on any atom is 0.237 e. The molecule has 1 N–H and O–H groups in total. The first-order chi connectivity index (χ1) is 21.0. The lowest BCUT2D eigenvalue weighted by molar-refractivity contribution is -0.132. The summed E-state index contributed by atoms with van der Waals surface area (Å²) in [7, 11) is 1.86. The van der Waals surface area contributed by atoms with Crippen molar-refractivity contribution in [1.29, 1.82) is 0 Å². The summed E-state index contributed by atoms with van der Waals surface area (Å²) in [5.41, 5.74) is 6.18. The van der Waals surface area contributed by atoms with Crippen molar-refractivity contribution >= 4 is 34.0 Å². The summed E-state index contributed by atoms with van der Waals surface area (Å²) in [5, 5.41) is 13.2. The molecule has 1 saturated carbocycles. The number of H-pyrrole nitrogens is 1. The Labute approximate surface area is 250 Å². The number of aromatic amines is 1. The molecule has 10 heteroatoms. The second-order valence-electron chi connectivity index (χ2n) is 12.7. The molecule has 1 atom stereocenters. The molecule has 3 fully saturated rings. The molecule has 220 valence electrons. The second kappa shape index (κ2) is 10.2. The number of nitrogens with one attached hydrogen (secondary N) is 1. The van der Waals surface area contributed by atoms with Crippen molar-refractivity contribution in [3.8, 4) is 11.4 Å². The fraction of sp³-hybridized carbons (Fsp3) is 0.424. The van der Waals surface area contributed by atoms with Gasteiger partial charge in [0.1, 0.15) is 6.33 Å². The molecule has 2 amide bonds. The summed E-state index contributed by atoms with van der Waals surface area (Å²) < 4.78 is 1.70. The lowest BCUT2D eigenvalue weighted by Gasteiger charge is -2.29. The third-order valence-corrected chi connectivity index (χ3v) is 9.84. The second-order valence-corrected chi connectivity index (χ2v) is 12.7. The molecule has 0 unspecified atom stereocenters. The summed E-state index contributed by atoms with van der Waals surface area (Å²) in [6, 6.07) is 14.5. The van der Waals surface area contributed by atoms with Gasteiger partial charge in [0.05, 0.1) is 17.5 Å². The Bertz CT molecular complexity index is 1750. The zero-order chi connectivity index (χ0) is 29.1. The molecule has 0 bridgehead atoms. The zero-order valence-corrected chi connectivity index (χ0v) is 24.5. The van der Waals surface area contributed by atoms with Crippen molar-refractivity contribution in [3.05, 3.63) is 66.1 Å². The molecular weight excluding hydrogens is 540 g/mol. The van der Waals surface area contributed by atoms with Crippen molar-refractivity contribution in [3.63, 3.8) is 0 Å². The lowest BCUT2D eigenvalue weighted by atomic mass is 9.85. The van der Waals surface area contributed by atoms with Crippen LogP contribution in [0.15, 0.2) is 54.9 Å². The van der Waals surface area contributed by atoms with Crippen LogP contribution in [0.5, 0.6) is 0 Å². The maximum atomic E-state index is 13.8. The molecule has 4 aromatic rings. The van der Waals surface area contributed by atoms with Gasteiger partial charge in [0, 0.05) is 61.5 Å². The van der Waals surface area contributed by atoms with E-state index >= 15 is 0 Å². The number of anilines is 1. The van der Waals surface area contributed by atoms with Crippen molar-refractivity contribution in [2.75, 3.05) is 44.2 Å². The Balaban J connectivity index is 0.882. The highest BCUT2D eigenvalue weighted by atomic mass is 16.2. The molecule has 1 spiro atoms. The van der Waals surface area contributed by atoms with E-state index in [4.69, 9.17) is 0 Å². The number of rotatable bonds is 6. The van der Waals surface area contributed by atoms with Gasteiger partial charge in [-0.05, 0) is 68.0 Å². The van der Waals surface area contributed by atoms with Gasteiger partial charge in [-0.15, -0.1) is 0 Å². The van der Waals surface area contributed by atoms with Crippen LogP contribution in [0.2, 0.25) is 0 Å². The van der Waals surface area contributed by atoms with Gasteiger partial charge in [0.15, 0.2) is 5.82 Å². The SMILES string of the molecule is Cn1cnc(-c2ccc(C3=CCN(C(=O)CN4CC[C@]5(CCN(c6ccc7n[nH]c(C8CC8)c7c6)C5=O)C4)CC3)cc2)n1.